The summed E-state index contributed by atoms with van der Waals surface area (Å²) < 4.78 is 0. The lowest BCUT2D eigenvalue weighted by Crippen LogP contribution is -2.08. The SMILES string of the molecule is CCC(O)CCC[N+](=O)[O-]. The Morgan fingerprint density at radius 3 is 2.70 bits per heavy atom. The molecule has 4 heteroatoms. The summed E-state index contributed by atoms with van der Waals surface area (Å²) in [6, 6.07) is 0. The van der Waals surface area contributed by atoms with Crippen LogP contribution < -0.4 is 0 Å². The van der Waals surface area contributed by atoms with Crippen LogP contribution in [0.2, 0.25) is 0 Å². The van der Waals surface area contributed by atoms with Crippen molar-refractivity contribution in [1.82, 2.24) is 0 Å². The van der Waals surface area contributed by atoms with Gasteiger partial charge in [0.1, 0.15) is 0 Å². The van der Waals surface area contributed by atoms with E-state index in [2.05, 4.69) is 0 Å². The van der Waals surface area contributed by atoms with Crippen LogP contribution in [-0.4, -0.2) is 22.7 Å². The van der Waals surface area contributed by atoms with Gasteiger partial charge in [0.2, 0.25) is 6.54 Å². The van der Waals surface area contributed by atoms with Gasteiger partial charge in [0.25, 0.3) is 0 Å². The van der Waals surface area contributed by atoms with E-state index in [1.165, 1.54) is 0 Å². The molecule has 1 unspecified atom stereocenters. The molecular weight excluding hydrogens is 134 g/mol. The average molecular weight is 147 g/mol. The van der Waals surface area contributed by atoms with Gasteiger partial charge in [-0.05, 0) is 12.8 Å². The highest BCUT2D eigenvalue weighted by Crippen LogP contribution is 1.99. The van der Waals surface area contributed by atoms with E-state index in [9.17, 15) is 10.1 Å². The number of nitro groups is 1. The highest BCUT2D eigenvalue weighted by molar-refractivity contribution is 4.50. The van der Waals surface area contributed by atoms with E-state index < -0.39 is 0 Å². The summed E-state index contributed by atoms with van der Waals surface area (Å²) in [7, 11) is 0. The largest absolute Gasteiger partial charge is 0.393 e. The molecule has 0 heterocycles. The lowest BCUT2D eigenvalue weighted by atomic mass is 10.1. The summed E-state index contributed by atoms with van der Waals surface area (Å²) in [5.41, 5.74) is 0. The van der Waals surface area contributed by atoms with Crippen molar-refractivity contribution < 1.29 is 10.0 Å². The molecule has 0 aromatic carbocycles. The van der Waals surface area contributed by atoms with E-state index in [-0.39, 0.29) is 17.6 Å². The fraction of sp³-hybridized carbons (Fsp3) is 1.00. The lowest BCUT2D eigenvalue weighted by molar-refractivity contribution is -0.480. The average Bonchev–Trinajstić information content (AvgIpc) is 1.87. The molecule has 4 nitrogen and oxygen atoms in total. The normalized spacial score (nSPS) is 13.0. The predicted octanol–water partition coefficient (Wildman–Crippen LogP) is 0.814. The minimum absolute atomic E-state index is 0.0307. The third-order valence-electron chi connectivity index (χ3n) is 1.35. The van der Waals surface area contributed by atoms with Gasteiger partial charge >= 0.3 is 0 Å². The summed E-state index contributed by atoms with van der Waals surface area (Å²) in [4.78, 5) is 9.43. The van der Waals surface area contributed by atoms with Gasteiger partial charge < -0.3 is 5.11 Å². The summed E-state index contributed by atoms with van der Waals surface area (Å²) in [6.07, 6.45) is 1.33. The number of hydrogen-bond acceptors (Lipinski definition) is 3. The van der Waals surface area contributed by atoms with Crippen molar-refractivity contribution in [2.24, 2.45) is 0 Å². The van der Waals surface area contributed by atoms with Crippen LogP contribution >= 0.6 is 0 Å². The molecule has 0 aromatic rings. The van der Waals surface area contributed by atoms with E-state index in [0.29, 0.717) is 19.3 Å². The molecule has 0 saturated carbocycles. The van der Waals surface area contributed by atoms with Crippen LogP contribution in [0.25, 0.3) is 0 Å². The van der Waals surface area contributed by atoms with E-state index in [0.717, 1.165) is 0 Å². The second-order valence-electron chi connectivity index (χ2n) is 2.26. The van der Waals surface area contributed by atoms with Crippen LogP contribution in [0, 0.1) is 10.1 Å². The second-order valence-corrected chi connectivity index (χ2v) is 2.26. The Morgan fingerprint density at radius 2 is 2.30 bits per heavy atom. The Bertz CT molecular complexity index is 105. The topological polar surface area (TPSA) is 63.4 Å². The van der Waals surface area contributed by atoms with Crippen molar-refractivity contribution >= 4 is 0 Å². The van der Waals surface area contributed by atoms with Gasteiger partial charge in [-0.2, -0.15) is 0 Å². The number of nitrogens with zero attached hydrogens (tertiary/aromatic N) is 1. The quantitative estimate of drug-likeness (QED) is 0.462. The van der Waals surface area contributed by atoms with Gasteiger partial charge in [-0.3, -0.25) is 10.1 Å². The maximum absolute atomic E-state index is 9.79. The van der Waals surface area contributed by atoms with E-state index in [1.807, 2.05) is 6.92 Å². The predicted molar refractivity (Wildman–Crippen MR) is 37.4 cm³/mol. The third kappa shape index (κ3) is 5.50. The Hall–Kier alpha value is -0.640. The Balaban J connectivity index is 3.11. The Morgan fingerprint density at radius 1 is 1.70 bits per heavy atom. The highest BCUT2D eigenvalue weighted by Gasteiger charge is 2.02. The number of aliphatic hydroxyl groups is 1. The van der Waals surface area contributed by atoms with Crippen molar-refractivity contribution in [1.29, 1.82) is 0 Å². The van der Waals surface area contributed by atoms with Crippen molar-refractivity contribution in [3.63, 3.8) is 0 Å². The molecule has 0 saturated heterocycles. The molecule has 0 aromatic heterocycles. The van der Waals surface area contributed by atoms with Crippen LogP contribution in [0.4, 0.5) is 0 Å². The molecule has 0 fully saturated rings. The van der Waals surface area contributed by atoms with Crippen molar-refractivity contribution in [3.8, 4) is 0 Å². The molecule has 0 aliphatic rings. The molecule has 0 radical (unpaired) electrons. The van der Waals surface area contributed by atoms with Gasteiger partial charge in [0, 0.05) is 11.3 Å². The monoisotopic (exact) mass is 147 g/mol. The molecule has 10 heavy (non-hydrogen) atoms. The molecule has 0 aliphatic carbocycles. The first-order valence-electron chi connectivity index (χ1n) is 3.46. The fourth-order valence-electron chi connectivity index (χ4n) is 0.660. The molecule has 1 atom stereocenters. The molecule has 0 bridgehead atoms. The van der Waals surface area contributed by atoms with Gasteiger partial charge in [-0.15, -0.1) is 0 Å². The first kappa shape index (κ1) is 9.36. The molecule has 0 spiro atoms. The summed E-state index contributed by atoms with van der Waals surface area (Å²) in [5.74, 6) is 0. The first-order chi connectivity index (χ1) is 4.66. The molecule has 60 valence electrons. The smallest absolute Gasteiger partial charge is 0.204 e. The standard InChI is InChI=1S/C6H13NO3/c1-2-6(8)4-3-5-7(9)10/h6,8H,2-5H2,1H3. The van der Waals surface area contributed by atoms with Gasteiger partial charge in [0.15, 0.2) is 0 Å². The molecule has 0 aliphatic heterocycles. The minimum Gasteiger partial charge on any atom is -0.393 e. The third-order valence-corrected chi connectivity index (χ3v) is 1.35. The zero-order valence-electron chi connectivity index (χ0n) is 6.12. The van der Waals surface area contributed by atoms with Gasteiger partial charge in [-0.25, -0.2) is 0 Å². The Labute approximate surface area is 60.0 Å². The molecular formula is C6H13NO3. The van der Waals surface area contributed by atoms with Gasteiger partial charge in [0.05, 0.1) is 6.10 Å². The summed E-state index contributed by atoms with van der Waals surface area (Å²) in [5, 5.41) is 18.7. The van der Waals surface area contributed by atoms with Crippen LogP contribution in [0.3, 0.4) is 0 Å². The van der Waals surface area contributed by atoms with Crippen molar-refractivity contribution in [2.75, 3.05) is 6.54 Å². The summed E-state index contributed by atoms with van der Waals surface area (Å²) in [6.45, 7) is 1.83. The minimum atomic E-state index is -0.361. The fourth-order valence-corrected chi connectivity index (χ4v) is 0.660. The second kappa shape index (κ2) is 5.17. The van der Waals surface area contributed by atoms with Crippen LogP contribution in [0.5, 0.6) is 0 Å². The number of aliphatic hydroxyl groups excluding tert-OH is 1. The maximum Gasteiger partial charge on any atom is 0.204 e. The zero-order chi connectivity index (χ0) is 7.98. The first-order valence-corrected chi connectivity index (χ1v) is 3.46. The van der Waals surface area contributed by atoms with E-state index >= 15 is 0 Å². The summed E-state index contributed by atoms with van der Waals surface area (Å²) >= 11 is 0. The van der Waals surface area contributed by atoms with Crippen LogP contribution in [-0.2, 0) is 0 Å². The zero-order valence-corrected chi connectivity index (χ0v) is 6.12. The number of hydrogen-bond donors (Lipinski definition) is 1. The van der Waals surface area contributed by atoms with Gasteiger partial charge in [-0.1, -0.05) is 6.92 Å². The highest BCUT2D eigenvalue weighted by atomic mass is 16.6. The van der Waals surface area contributed by atoms with Crippen LogP contribution in [0.1, 0.15) is 26.2 Å². The molecule has 0 rings (SSSR count). The van der Waals surface area contributed by atoms with Crippen molar-refractivity contribution in [2.45, 2.75) is 32.3 Å². The number of rotatable bonds is 5. The van der Waals surface area contributed by atoms with Crippen molar-refractivity contribution in [3.05, 3.63) is 10.1 Å². The van der Waals surface area contributed by atoms with Crippen LogP contribution in [0.15, 0.2) is 0 Å². The Kier molecular flexibility index (Phi) is 4.84. The molecule has 1 N–H and O–H groups in total. The molecule has 0 amide bonds. The van der Waals surface area contributed by atoms with E-state index in [1.54, 1.807) is 0 Å². The van der Waals surface area contributed by atoms with E-state index in [4.69, 9.17) is 5.11 Å². The lowest BCUT2D eigenvalue weighted by Gasteiger charge is -2.03. The maximum atomic E-state index is 9.79.